The van der Waals surface area contributed by atoms with Gasteiger partial charge in [0.1, 0.15) is 19.0 Å². The van der Waals surface area contributed by atoms with Gasteiger partial charge in [-0.3, -0.25) is 10.00 Å². The molecular formula is C17H21BrN4O2. The highest BCUT2D eigenvalue weighted by Crippen LogP contribution is 2.36. The van der Waals surface area contributed by atoms with Crippen molar-refractivity contribution in [3.8, 4) is 11.5 Å². The number of rotatable bonds is 3. The van der Waals surface area contributed by atoms with Gasteiger partial charge in [-0.05, 0) is 44.0 Å². The van der Waals surface area contributed by atoms with Crippen LogP contribution in [0.1, 0.15) is 36.0 Å². The van der Waals surface area contributed by atoms with Crippen molar-refractivity contribution in [3.63, 3.8) is 0 Å². The number of halogens is 1. The minimum absolute atomic E-state index is 0.402. The van der Waals surface area contributed by atoms with Gasteiger partial charge in [-0.25, -0.2) is 4.98 Å². The number of ether oxygens (including phenoxy) is 2. The van der Waals surface area contributed by atoms with Crippen molar-refractivity contribution >= 4 is 15.9 Å². The molecule has 0 bridgehead atoms. The first-order valence-corrected chi connectivity index (χ1v) is 9.17. The van der Waals surface area contributed by atoms with Crippen molar-refractivity contribution in [2.45, 2.75) is 32.2 Å². The molecule has 2 aromatic rings. The molecule has 2 aliphatic heterocycles. The van der Waals surface area contributed by atoms with Gasteiger partial charge in [0, 0.05) is 23.5 Å². The van der Waals surface area contributed by atoms with E-state index in [4.69, 9.17) is 9.47 Å². The summed E-state index contributed by atoms with van der Waals surface area (Å²) in [5.41, 5.74) is 1.23. The van der Waals surface area contributed by atoms with Gasteiger partial charge >= 0.3 is 0 Å². The summed E-state index contributed by atoms with van der Waals surface area (Å²) >= 11 is 3.67. The number of benzene rings is 1. The Morgan fingerprint density at radius 2 is 2.08 bits per heavy atom. The van der Waals surface area contributed by atoms with Crippen LogP contribution in [0, 0.1) is 6.92 Å². The predicted molar refractivity (Wildman–Crippen MR) is 93.5 cm³/mol. The molecule has 2 aliphatic rings. The number of nitrogens with one attached hydrogen (secondary N) is 1. The fourth-order valence-electron chi connectivity index (χ4n) is 3.42. The van der Waals surface area contributed by atoms with Crippen LogP contribution in [0.3, 0.4) is 0 Å². The molecule has 1 saturated heterocycles. The molecule has 128 valence electrons. The van der Waals surface area contributed by atoms with E-state index in [1.807, 2.05) is 13.0 Å². The molecule has 1 fully saturated rings. The van der Waals surface area contributed by atoms with E-state index in [1.165, 1.54) is 12.0 Å². The zero-order chi connectivity index (χ0) is 16.5. The summed E-state index contributed by atoms with van der Waals surface area (Å²) in [5.74, 6) is 3.90. The topological polar surface area (TPSA) is 63.3 Å². The molecule has 1 N–H and O–H groups in total. The molecule has 0 radical (unpaired) electrons. The van der Waals surface area contributed by atoms with Gasteiger partial charge < -0.3 is 9.47 Å². The number of hydrogen-bond acceptors (Lipinski definition) is 5. The van der Waals surface area contributed by atoms with E-state index in [9.17, 15) is 0 Å². The quantitative estimate of drug-likeness (QED) is 0.869. The Balaban J connectivity index is 1.48. The van der Waals surface area contributed by atoms with Crippen LogP contribution in [0.5, 0.6) is 11.5 Å². The van der Waals surface area contributed by atoms with Crippen molar-refractivity contribution in [2.75, 3.05) is 26.3 Å². The minimum atomic E-state index is 0.402. The molecule has 1 atom stereocenters. The van der Waals surface area contributed by atoms with E-state index in [0.29, 0.717) is 19.1 Å². The number of aromatic amines is 1. The zero-order valence-corrected chi connectivity index (χ0v) is 15.3. The van der Waals surface area contributed by atoms with Crippen molar-refractivity contribution in [1.29, 1.82) is 0 Å². The van der Waals surface area contributed by atoms with Gasteiger partial charge in [0.25, 0.3) is 0 Å². The monoisotopic (exact) mass is 392 g/mol. The highest BCUT2D eigenvalue weighted by Gasteiger charge is 2.25. The van der Waals surface area contributed by atoms with E-state index < -0.39 is 0 Å². The minimum Gasteiger partial charge on any atom is -0.486 e. The van der Waals surface area contributed by atoms with Crippen LogP contribution in [0.25, 0.3) is 0 Å². The lowest BCUT2D eigenvalue weighted by Crippen LogP contribution is -2.34. The van der Waals surface area contributed by atoms with E-state index in [0.717, 1.165) is 53.7 Å². The fraction of sp³-hybridized carbons (Fsp3) is 0.529. The normalized spacial score (nSPS) is 21.0. The summed E-state index contributed by atoms with van der Waals surface area (Å²) in [6.45, 7) is 6.15. The van der Waals surface area contributed by atoms with Crippen LogP contribution < -0.4 is 9.47 Å². The summed E-state index contributed by atoms with van der Waals surface area (Å²) in [4.78, 5) is 6.98. The molecule has 24 heavy (non-hydrogen) atoms. The Morgan fingerprint density at radius 3 is 2.83 bits per heavy atom. The lowest BCUT2D eigenvalue weighted by atomic mass is 9.97. The Hall–Kier alpha value is -1.60. The number of piperidine rings is 1. The van der Waals surface area contributed by atoms with Gasteiger partial charge in [-0.15, -0.1) is 0 Å². The highest BCUT2D eigenvalue weighted by molar-refractivity contribution is 9.10. The molecule has 3 heterocycles. The van der Waals surface area contributed by atoms with Gasteiger partial charge in [0.15, 0.2) is 17.3 Å². The molecular weight excluding hydrogens is 372 g/mol. The second-order valence-electron chi connectivity index (χ2n) is 6.44. The molecule has 1 aromatic heterocycles. The fourth-order valence-corrected chi connectivity index (χ4v) is 3.87. The molecule has 7 heteroatoms. The van der Waals surface area contributed by atoms with Crippen LogP contribution in [-0.2, 0) is 6.54 Å². The maximum atomic E-state index is 5.71. The zero-order valence-electron chi connectivity index (χ0n) is 13.7. The molecule has 0 aliphatic carbocycles. The third-order valence-electron chi connectivity index (χ3n) is 4.59. The number of aryl methyl sites for hydroxylation is 1. The Bertz CT molecular complexity index is 733. The van der Waals surface area contributed by atoms with E-state index in [1.54, 1.807) is 0 Å². The molecule has 0 spiro atoms. The SMILES string of the molecule is Cc1nc([C@@H]2CCCN(Cc3cc4c(cc3Br)OCCO4)C2)n[nH]1. The lowest BCUT2D eigenvalue weighted by molar-refractivity contribution is 0.169. The number of hydrogen-bond donors (Lipinski definition) is 1. The standard InChI is InChI=1S/C17H21BrN4O2/c1-11-19-17(21-20-11)12-3-2-4-22(9-12)10-13-7-15-16(8-14(13)18)24-6-5-23-15/h7-8,12H,2-6,9-10H2,1H3,(H,19,20,21)/t12-/m1/s1. The Labute approximate surface area is 149 Å². The largest absolute Gasteiger partial charge is 0.486 e. The van der Waals surface area contributed by atoms with Crippen molar-refractivity contribution in [2.24, 2.45) is 0 Å². The van der Waals surface area contributed by atoms with Crippen molar-refractivity contribution in [3.05, 3.63) is 33.8 Å². The summed E-state index contributed by atoms with van der Waals surface area (Å²) < 4.78 is 12.4. The molecule has 0 amide bonds. The summed E-state index contributed by atoms with van der Waals surface area (Å²) in [6, 6.07) is 4.11. The smallest absolute Gasteiger partial charge is 0.162 e. The number of H-pyrrole nitrogens is 1. The van der Waals surface area contributed by atoms with E-state index in [-0.39, 0.29) is 0 Å². The molecule has 0 saturated carbocycles. The van der Waals surface area contributed by atoms with Gasteiger partial charge in [0.2, 0.25) is 0 Å². The second kappa shape index (κ2) is 6.72. The summed E-state index contributed by atoms with van der Waals surface area (Å²) in [6.07, 6.45) is 2.32. The number of likely N-dealkylation sites (tertiary alicyclic amines) is 1. The first-order chi connectivity index (χ1) is 11.7. The van der Waals surface area contributed by atoms with E-state index >= 15 is 0 Å². The van der Waals surface area contributed by atoms with Crippen LogP contribution in [0.2, 0.25) is 0 Å². The van der Waals surface area contributed by atoms with Crippen LogP contribution >= 0.6 is 15.9 Å². The number of fused-ring (bicyclic) bond motifs is 1. The third kappa shape index (κ3) is 3.28. The molecule has 0 unspecified atom stereocenters. The van der Waals surface area contributed by atoms with Crippen molar-refractivity contribution in [1.82, 2.24) is 20.1 Å². The predicted octanol–water partition coefficient (Wildman–Crippen LogP) is 3.03. The second-order valence-corrected chi connectivity index (χ2v) is 7.29. The van der Waals surface area contributed by atoms with Gasteiger partial charge in [-0.2, -0.15) is 5.10 Å². The van der Waals surface area contributed by atoms with Crippen molar-refractivity contribution < 1.29 is 9.47 Å². The van der Waals surface area contributed by atoms with Crippen LogP contribution in [0.4, 0.5) is 0 Å². The molecule has 6 nitrogen and oxygen atoms in total. The Morgan fingerprint density at radius 1 is 1.29 bits per heavy atom. The average molecular weight is 393 g/mol. The number of nitrogens with zero attached hydrogens (tertiary/aromatic N) is 3. The highest BCUT2D eigenvalue weighted by atomic mass is 79.9. The van der Waals surface area contributed by atoms with E-state index in [2.05, 4.69) is 42.1 Å². The van der Waals surface area contributed by atoms with Gasteiger partial charge in [0.05, 0.1) is 0 Å². The average Bonchev–Trinajstić information content (AvgIpc) is 3.02. The Kier molecular flexibility index (Phi) is 4.45. The van der Waals surface area contributed by atoms with Crippen LogP contribution in [0.15, 0.2) is 16.6 Å². The lowest BCUT2D eigenvalue weighted by Gasteiger charge is -2.32. The molecule has 1 aromatic carbocycles. The third-order valence-corrected chi connectivity index (χ3v) is 5.33. The maximum absolute atomic E-state index is 5.71. The first kappa shape index (κ1) is 15.9. The van der Waals surface area contributed by atoms with Gasteiger partial charge in [-0.1, -0.05) is 15.9 Å². The first-order valence-electron chi connectivity index (χ1n) is 8.38. The molecule has 4 rings (SSSR count). The number of aromatic nitrogens is 3. The maximum Gasteiger partial charge on any atom is 0.162 e. The van der Waals surface area contributed by atoms with Crippen LogP contribution in [-0.4, -0.2) is 46.4 Å². The summed E-state index contributed by atoms with van der Waals surface area (Å²) in [5, 5.41) is 7.30. The summed E-state index contributed by atoms with van der Waals surface area (Å²) in [7, 11) is 0.